The average molecular weight is 233 g/mol. The number of benzene rings is 1. The van der Waals surface area contributed by atoms with Gasteiger partial charge >= 0.3 is 5.97 Å². The number of phenols is 1. The molecule has 1 atom stereocenters. The van der Waals surface area contributed by atoms with Gasteiger partial charge in [0.2, 0.25) is 0 Å². The summed E-state index contributed by atoms with van der Waals surface area (Å²) in [5, 5.41) is 25.0. The average Bonchev–Trinajstić information content (AvgIpc) is 2.32. The maximum Gasteiger partial charge on any atom is 0.347 e. The molecule has 1 aromatic carbocycles. The Morgan fingerprint density at radius 1 is 1.53 bits per heavy atom. The molecule has 17 heavy (non-hydrogen) atoms. The van der Waals surface area contributed by atoms with Crippen LogP contribution in [0, 0.1) is 11.3 Å². The summed E-state index contributed by atoms with van der Waals surface area (Å²) in [6, 6.07) is 6.31. The Hall–Kier alpha value is -2.42. The highest BCUT2D eigenvalue weighted by Gasteiger charge is 2.17. The first-order valence-electron chi connectivity index (χ1n) is 4.93. The van der Waals surface area contributed by atoms with Gasteiger partial charge in [-0.15, -0.1) is 0 Å². The number of hydrogen-bond acceptors (Lipinski definition) is 6. The summed E-state index contributed by atoms with van der Waals surface area (Å²) in [7, 11) is 0. The van der Waals surface area contributed by atoms with E-state index in [1.54, 1.807) is 13.0 Å². The number of ether oxygens (including phenoxy) is 1. The topological polar surface area (TPSA) is 95.0 Å². The Morgan fingerprint density at radius 2 is 2.18 bits per heavy atom. The van der Waals surface area contributed by atoms with Gasteiger partial charge in [-0.1, -0.05) is 0 Å². The SMILES string of the molecule is CCOC(=O)C(C#N)N=Nc1ccc(O)cc1. The molecular weight excluding hydrogens is 222 g/mol. The third kappa shape index (κ3) is 3.91. The van der Waals surface area contributed by atoms with Crippen LogP contribution in [0.3, 0.4) is 0 Å². The molecule has 0 heterocycles. The van der Waals surface area contributed by atoms with Gasteiger partial charge in [-0.3, -0.25) is 0 Å². The summed E-state index contributed by atoms with van der Waals surface area (Å²) in [4.78, 5) is 11.2. The Labute approximate surface area is 98.2 Å². The predicted octanol–water partition coefficient (Wildman–Crippen LogP) is 1.93. The van der Waals surface area contributed by atoms with Crippen molar-refractivity contribution in [1.82, 2.24) is 0 Å². The monoisotopic (exact) mass is 233 g/mol. The van der Waals surface area contributed by atoms with E-state index in [0.29, 0.717) is 5.69 Å². The molecule has 0 aromatic heterocycles. The van der Waals surface area contributed by atoms with Crippen molar-refractivity contribution in [3.63, 3.8) is 0 Å². The Bertz CT molecular complexity index is 448. The number of carbonyl (C=O) groups excluding carboxylic acids is 1. The number of carbonyl (C=O) groups is 1. The van der Waals surface area contributed by atoms with E-state index in [2.05, 4.69) is 15.0 Å². The van der Waals surface area contributed by atoms with Crippen LogP contribution < -0.4 is 0 Å². The highest BCUT2D eigenvalue weighted by Crippen LogP contribution is 2.17. The van der Waals surface area contributed by atoms with Gasteiger partial charge in [-0.05, 0) is 31.2 Å². The molecule has 0 amide bonds. The zero-order chi connectivity index (χ0) is 12.7. The normalized spacial score (nSPS) is 12.0. The van der Waals surface area contributed by atoms with E-state index >= 15 is 0 Å². The minimum Gasteiger partial charge on any atom is -0.508 e. The van der Waals surface area contributed by atoms with Gasteiger partial charge in [0.15, 0.2) is 0 Å². The summed E-state index contributed by atoms with van der Waals surface area (Å²) >= 11 is 0. The van der Waals surface area contributed by atoms with E-state index in [-0.39, 0.29) is 12.4 Å². The highest BCUT2D eigenvalue weighted by molar-refractivity contribution is 5.78. The maximum atomic E-state index is 11.2. The summed E-state index contributed by atoms with van der Waals surface area (Å²) in [5.74, 6) is -0.622. The molecule has 88 valence electrons. The largest absolute Gasteiger partial charge is 0.508 e. The number of aromatic hydroxyl groups is 1. The van der Waals surface area contributed by atoms with Crippen molar-refractivity contribution in [2.75, 3.05) is 6.61 Å². The number of azo groups is 1. The molecule has 0 bridgehead atoms. The van der Waals surface area contributed by atoms with Crippen molar-refractivity contribution in [2.45, 2.75) is 13.0 Å². The Kier molecular flexibility index (Phi) is 4.63. The number of phenolic OH excluding ortho intramolecular Hbond substituents is 1. The maximum absolute atomic E-state index is 11.2. The smallest absolute Gasteiger partial charge is 0.347 e. The van der Waals surface area contributed by atoms with Gasteiger partial charge < -0.3 is 9.84 Å². The van der Waals surface area contributed by atoms with Crippen LogP contribution in [0.15, 0.2) is 34.5 Å². The molecule has 6 heteroatoms. The van der Waals surface area contributed by atoms with Crippen molar-refractivity contribution in [2.24, 2.45) is 10.2 Å². The van der Waals surface area contributed by atoms with E-state index in [1.165, 1.54) is 24.3 Å². The molecule has 1 rings (SSSR count). The molecule has 1 N–H and O–H groups in total. The third-order valence-electron chi connectivity index (χ3n) is 1.77. The minimum atomic E-state index is -1.26. The lowest BCUT2D eigenvalue weighted by Crippen LogP contribution is -2.19. The molecule has 6 nitrogen and oxygen atoms in total. The first-order valence-corrected chi connectivity index (χ1v) is 4.93. The third-order valence-corrected chi connectivity index (χ3v) is 1.77. The fourth-order valence-corrected chi connectivity index (χ4v) is 0.991. The minimum absolute atomic E-state index is 0.103. The molecule has 0 aliphatic carbocycles. The highest BCUT2D eigenvalue weighted by atomic mass is 16.5. The van der Waals surface area contributed by atoms with Gasteiger partial charge in [0.1, 0.15) is 11.8 Å². The zero-order valence-electron chi connectivity index (χ0n) is 9.20. The quantitative estimate of drug-likeness (QED) is 0.634. The molecule has 0 aliphatic heterocycles. The molecule has 0 saturated heterocycles. The molecule has 0 radical (unpaired) electrons. The van der Waals surface area contributed by atoms with Gasteiger partial charge in [0.05, 0.1) is 12.3 Å². The Balaban J connectivity index is 2.71. The summed E-state index contributed by atoms with van der Waals surface area (Å²) in [5.41, 5.74) is 0.437. The molecule has 1 aromatic rings. The number of esters is 1. The summed E-state index contributed by atoms with van der Waals surface area (Å²) in [6.07, 6.45) is 0. The van der Waals surface area contributed by atoms with E-state index < -0.39 is 12.0 Å². The van der Waals surface area contributed by atoms with E-state index in [4.69, 9.17) is 10.4 Å². The van der Waals surface area contributed by atoms with Crippen molar-refractivity contribution >= 4 is 11.7 Å². The van der Waals surface area contributed by atoms with Crippen LogP contribution in [0.4, 0.5) is 5.69 Å². The van der Waals surface area contributed by atoms with Gasteiger partial charge in [-0.2, -0.15) is 15.5 Å². The number of rotatable bonds is 4. The second-order valence-electron chi connectivity index (χ2n) is 3.02. The van der Waals surface area contributed by atoms with Crippen molar-refractivity contribution in [3.8, 4) is 11.8 Å². The van der Waals surface area contributed by atoms with Crippen molar-refractivity contribution in [1.29, 1.82) is 5.26 Å². The first-order chi connectivity index (χ1) is 8.17. The molecule has 0 spiro atoms. The molecule has 0 aliphatic rings. The molecule has 0 fully saturated rings. The molecular formula is C11H11N3O3. The van der Waals surface area contributed by atoms with Crippen LogP contribution in [-0.2, 0) is 9.53 Å². The number of nitrogens with zero attached hydrogens (tertiary/aromatic N) is 3. The lowest BCUT2D eigenvalue weighted by Gasteiger charge is -2.01. The Morgan fingerprint density at radius 3 is 2.71 bits per heavy atom. The van der Waals surface area contributed by atoms with Crippen LogP contribution in [-0.4, -0.2) is 23.7 Å². The van der Waals surface area contributed by atoms with Crippen molar-refractivity contribution < 1.29 is 14.6 Å². The fourth-order valence-electron chi connectivity index (χ4n) is 0.991. The van der Waals surface area contributed by atoms with E-state index in [0.717, 1.165) is 0 Å². The summed E-state index contributed by atoms with van der Waals surface area (Å²) < 4.78 is 4.65. The van der Waals surface area contributed by atoms with Gasteiger partial charge in [0.25, 0.3) is 6.04 Å². The lowest BCUT2D eigenvalue weighted by atomic mass is 10.3. The second kappa shape index (κ2) is 6.23. The predicted molar refractivity (Wildman–Crippen MR) is 58.7 cm³/mol. The standard InChI is InChI=1S/C11H11N3O3/c1-2-17-11(16)10(7-12)14-13-8-3-5-9(15)6-4-8/h3-6,10,15H,2H2,1H3. The van der Waals surface area contributed by atoms with Crippen LogP contribution in [0.1, 0.15) is 6.92 Å². The van der Waals surface area contributed by atoms with Crippen LogP contribution in [0.25, 0.3) is 0 Å². The lowest BCUT2D eigenvalue weighted by molar-refractivity contribution is -0.143. The van der Waals surface area contributed by atoms with Crippen molar-refractivity contribution in [3.05, 3.63) is 24.3 Å². The summed E-state index contributed by atoms with van der Waals surface area (Å²) in [6.45, 7) is 1.83. The second-order valence-corrected chi connectivity index (χ2v) is 3.02. The number of hydrogen-bond donors (Lipinski definition) is 1. The molecule has 0 saturated carbocycles. The van der Waals surface area contributed by atoms with Crippen LogP contribution >= 0.6 is 0 Å². The van der Waals surface area contributed by atoms with Crippen LogP contribution in [0.5, 0.6) is 5.75 Å². The zero-order valence-corrected chi connectivity index (χ0v) is 9.20. The fraction of sp³-hybridized carbons (Fsp3) is 0.273. The van der Waals surface area contributed by atoms with E-state index in [9.17, 15) is 4.79 Å². The van der Waals surface area contributed by atoms with Crippen LogP contribution in [0.2, 0.25) is 0 Å². The first kappa shape index (κ1) is 12.6. The number of nitriles is 1. The van der Waals surface area contributed by atoms with E-state index in [1.807, 2.05) is 0 Å². The molecule has 1 unspecified atom stereocenters. The van der Waals surface area contributed by atoms with Gasteiger partial charge in [-0.25, -0.2) is 4.79 Å². The van der Waals surface area contributed by atoms with Gasteiger partial charge in [0, 0.05) is 0 Å².